The number of benzene rings is 1. The van der Waals surface area contributed by atoms with Crippen molar-refractivity contribution in [1.29, 1.82) is 0 Å². The summed E-state index contributed by atoms with van der Waals surface area (Å²) < 4.78 is 0. The van der Waals surface area contributed by atoms with Gasteiger partial charge in [0.15, 0.2) is 0 Å². The molecule has 0 aliphatic rings. The highest BCUT2D eigenvalue weighted by Gasteiger charge is 2.00. The minimum absolute atomic E-state index is 0.468. The number of halogens is 2. The number of oxime groups is 1. The summed E-state index contributed by atoms with van der Waals surface area (Å²) in [7, 11) is 0. The Hall–Kier alpha value is -0.730. The van der Waals surface area contributed by atoms with Gasteiger partial charge in [0.05, 0.1) is 16.3 Å². The molecule has 0 saturated heterocycles. The molecule has 1 aromatic rings. The topological polar surface area (TPSA) is 32.6 Å². The lowest BCUT2D eigenvalue weighted by molar-refractivity contribution is 0.322. The average molecular weight is 190 g/mol. The minimum Gasteiger partial charge on any atom is -0.411 e. The third kappa shape index (κ3) is 1.85. The van der Waals surface area contributed by atoms with Crippen molar-refractivity contribution in [2.45, 2.75) is 0 Å². The Bertz CT molecular complexity index is 266. The second-order valence-electron chi connectivity index (χ2n) is 1.88. The highest BCUT2D eigenvalue weighted by Crippen LogP contribution is 2.21. The first-order chi connectivity index (χ1) is 5.25. The number of hydrogen-bond donors (Lipinski definition) is 1. The molecule has 0 saturated carbocycles. The van der Waals surface area contributed by atoms with E-state index >= 15 is 0 Å². The molecular formula is C7H5Cl2NO. The summed E-state index contributed by atoms with van der Waals surface area (Å²) in [6.07, 6.45) is 1.20. The summed E-state index contributed by atoms with van der Waals surface area (Å²) in [5, 5.41) is 12.0. The molecule has 4 heteroatoms. The zero-order chi connectivity index (χ0) is 8.27. The summed E-state index contributed by atoms with van der Waals surface area (Å²) in [5.74, 6) is 0. The molecule has 0 amide bonds. The van der Waals surface area contributed by atoms with Crippen LogP contribution in [0.5, 0.6) is 0 Å². The molecule has 58 valence electrons. The van der Waals surface area contributed by atoms with Crippen molar-refractivity contribution >= 4 is 29.4 Å². The van der Waals surface area contributed by atoms with Gasteiger partial charge in [-0.3, -0.25) is 0 Å². The third-order valence-electron chi connectivity index (χ3n) is 1.19. The van der Waals surface area contributed by atoms with Gasteiger partial charge in [0.1, 0.15) is 0 Å². The Morgan fingerprint density at radius 1 is 1.27 bits per heavy atom. The lowest BCUT2D eigenvalue weighted by Gasteiger charge is -1.97. The van der Waals surface area contributed by atoms with Crippen molar-refractivity contribution in [3.8, 4) is 0 Å². The number of hydrogen-bond acceptors (Lipinski definition) is 2. The van der Waals surface area contributed by atoms with Crippen LogP contribution >= 0.6 is 23.2 Å². The van der Waals surface area contributed by atoms with Gasteiger partial charge in [-0.15, -0.1) is 0 Å². The molecule has 1 aromatic carbocycles. The lowest BCUT2D eigenvalue weighted by Crippen LogP contribution is -1.83. The molecule has 0 heterocycles. The molecule has 0 aliphatic carbocycles. The van der Waals surface area contributed by atoms with E-state index in [1.165, 1.54) is 6.21 Å². The SMILES string of the molecule is O/N=C\c1c(Cl)cccc1Cl. The summed E-state index contributed by atoms with van der Waals surface area (Å²) in [5.41, 5.74) is 0.526. The molecule has 11 heavy (non-hydrogen) atoms. The average Bonchev–Trinajstić information content (AvgIpc) is 1.97. The second-order valence-corrected chi connectivity index (χ2v) is 2.69. The Balaban J connectivity index is 3.20. The summed E-state index contributed by atoms with van der Waals surface area (Å²) >= 11 is 11.4. The summed E-state index contributed by atoms with van der Waals surface area (Å²) in [6, 6.07) is 5.06. The van der Waals surface area contributed by atoms with Crippen LogP contribution in [0.25, 0.3) is 0 Å². The molecule has 0 aromatic heterocycles. The van der Waals surface area contributed by atoms with E-state index in [1.54, 1.807) is 18.2 Å². The first-order valence-corrected chi connectivity index (χ1v) is 3.62. The maximum absolute atomic E-state index is 8.22. The maximum Gasteiger partial charge on any atom is 0.0763 e. The first-order valence-electron chi connectivity index (χ1n) is 2.87. The van der Waals surface area contributed by atoms with Crippen molar-refractivity contribution < 1.29 is 5.21 Å². The van der Waals surface area contributed by atoms with E-state index in [2.05, 4.69) is 5.16 Å². The van der Waals surface area contributed by atoms with Gasteiger partial charge in [0, 0.05) is 5.56 Å². The van der Waals surface area contributed by atoms with E-state index in [-0.39, 0.29) is 0 Å². The Labute approximate surface area is 74.0 Å². The van der Waals surface area contributed by atoms with Gasteiger partial charge < -0.3 is 5.21 Å². The van der Waals surface area contributed by atoms with Crippen molar-refractivity contribution in [3.63, 3.8) is 0 Å². The summed E-state index contributed by atoms with van der Waals surface area (Å²) in [4.78, 5) is 0. The van der Waals surface area contributed by atoms with Gasteiger partial charge in [-0.25, -0.2) is 0 Å². The molecule has 0 unspecified atom stereocenters. The molecule has 1 rings (SSSR count). The van der Waals surface area contributed by atoms with E-state index in [0.29, 0.717) is 15.6 Å². The fraction of sp³-hybridized carbons (Fsp3) is 0. The molecule has 0 atom stereocenters. The predicted octanol–water partition coefficient (Wildman–Crippen LogP) is 2.80. The van der Waals surface area contributed by atoms with Crippen LogP contribution in [0, 0.1) is 0 Å². The number of nitrogens with zero attached hydrogens (tertiary/aromatic N) is 1. The van der Waals surface area contributed by atoms with Crippen LogP contribution in [0.1, 0.15) is 5.56 Å². The van der Waals surface area contributed by atoms with Crippen molar-refractivity contribution in [2.24, 2.45) is 5.16 Å². The van der Waals surface area contributed by atoms with Gasteiger partial charge in [0.25, 0.3) is 0 Å². The maximum atomic E-state index is 8.22. The molecule has 2 nitrogen and oxygen atoms in total. The monoisotopic (exact) mass is 189 g/mol. The fourth-order valence-electron chi connectivity index (χ4n) is 0.692. The van der Waals surface area contributed by atoms with Crippen LogP contribution in [0.4, 0.5) is 0 Å². The van der Waals surface area contributed by atoms with Crippen LogP contribution in [0.3, 0.4) is 0 Å². The van der Waals surface area contributed by atoms with Gasteiger partial charge in [-0.2, -0.15) is 0 Å². The lowest BCUT2D eigenvalue weighted by atomic mass is 10.2. The molecule has 0 spiro atoms. The number of rotatable bonds is 1. The quantitative estimate of drug-likeness (QED) is 0.412. The van der Waals surface area contributed by atoms with E-state index in [1.807, 2.05) is 0 Å². The third-order valence-corrected chi connectivity index (χ3v) is 1.85. The predicted molar refractivity (Wildman–Crippen MR) is 45.8 cm³/mol. The molecule has 0 aliphatic heterocycles. The molecule has 0 radical (unpaired) electrons. The Kier molecular flexibility index (Phi) is 2.74. The van der Waals surface area contributed by atoms with E-state index < -0.39 is 0 Å². The zero-order valence-corrected chi connectivity index (χ0v) is 6.97. The van der Waals surface area contributed by atoms with Crippen LogP contribution in [-0.2, 0) is 0 Å². The Morgan fingerprint density at radius 2 is 1.82 bits per heavy atom. The van der Waals surface area contributed by atoms with E-state index in [4.69, 9.17) is 28.4 Å². The minimum atomic E-state index is 0.468. The van der Waals surface area contributed by atoms with Crippen molar-refractivity contribution in [1.82, 2.24) is 0 Å². The molecule has 0 bridgehead atoms. The van der Waals surface area contributed by atoms with E-state index in [9.17, 15) is 0 Å². The molecule has 1 N–H and O–H groups in total. The van der Waals surface area contributed by atoms with E-state index in [0.717, 1.165) is 0 Å². The fourth-order valence-corrected chi connectivity index (χ4v) is 1.19. The van der Waals surface area contributed by atoms with Crippen LogP contribution < -0.4 is 0 Å². The van der Waals surface area contributed by atoms with Crippen LogP contribution in [-0.4, -0.2) is 11.4 Å². The largest absolute Gasteiger partial charge is 0.411 e. The Morgan fingerprint density at radius 3 is 2.27 bits per heavy atom. The van der Waals surface area contributed by atoms with Crippen LogP contribution in [0.2, 0.25) is 10.0 Å². The normalized spacial score (nSPS) is 10.7. The van der Waals surface area contributed by atoms with Gasteiger partial charge >= 0.3 is 0 Å². The van der Waals surface area contributed by atoms with Crippen molar-refractivity contribution in [2.75, 3.05) is 0 Å². The van der Waals surface area contributed by atoms with Gasteiger partial charge in [0.2, 0.25) is 0 Å². The van der Waals surface area contributed by atoms with Crippen LogP contribution in [0.15, 0.2) is 23.4 Å². The van der Waals surface area contributed by atoms with Gasteiger partial charge in [-0.1, -0.05) is 34.4 Å². The first kappa shape index (κ1) is 8.37. The summed E-state index contributed by atoms with van der Waals surface area (Å²) in [6.45, 7) is 0. The highest BCUT2D eigenvalue weighted by molar-refractivity contribution is 6.38. The highest BCUT2D eigenvalue weighted by atomic mass is 35.5. The smallest absolute Gasteiger partial charge is 0.0763 e. The van der Waals surface area contributed by atoms with Crippen molar-refractivity contribution in [3.05, 3.63) is 33.8 Å². The second kappa shape index (κ2) is 3.60. The zero-order valence-electron chi connectivity index (χ0n) is 5.46. The standard InChI is InChI=1S/C7H5Cl2NO/c8-6-2-1-3-7(9)5(6)4-10-11/h1-4,11H/b10-4-. The molecule has 0 fully saturated rings. The molecular weight excluding hydrogens is 185 g/mol. The van der Waals surface area contributed by atoms with Gasteiger partial charge in [-0.05, 0) is 12.1 Å².